The van der Waals surface area contributed by atoms with Gasteiger partial charge in [-0.25, -0.2) is 9.37 Å². The maximum absolute atomic E-state index is 13.6. The van der Waals surface area contributed by atoms with Crippen molar-refractivity contribution in [1.29, 1.82) is 0 Å². The normalized spacial score (nSPS) is 12.4. The number of anilines is 1. The van der Waals surface area contributed by atoms with Crippen molar-refractivity contribution in [3.63, 3.8) is 0 Å². The molecule has 114 valence electrons. The fourth-order valence-electron chi connectivity index (χ4n) is 1.96. The standard InChI is InChI=1S/C14H18FN3O2S/c1-9(8-20-3)16-12(19)7-18(2)14-17-13-10(15)5-4-6-11(13)21-14/h4-6,9H,7-8H2,1-3H3,(H,16,19)/t9-/m1/s1. The van der Waals surface area contributed by atoms with Crippen molar-refractivity contribution in [2.24, 2.45) is 0 Å². The smallest absolute Gasteiger partial charge is 0.239 e. The van der Waals surface area contributed by atoms with Crippen LogP contribution in [0.2, 0.25) is 0 Å². The third-order valence-electron chi connectivity index (χ3n) is 2.89. The molecule has 1 N–H and O–H groups in total. The maximum Gasteiger partial charge on any atom is 0.239 e. The minimum Gasteiger partial charge on any atom is -0.383 e. The van der Waals surface area contributed by atoms with E-state index in [0.29, 0.717) is 17.3 Å². The zero-order valence-electron chi connectivity index (χ0n) is 12.2. The first-order chi connectivity index (χ1) is 10.0. The monoisotopic (exact) mass is 311 g/mol. The van der Waals surface area contributed by atoms with Crippen molar-refractivity contribution >= 4 is 32.6 Å². The molecule has 0 aliphatic rings. The van der Waals surface area contributed by atoms with Gasteiger partial charge < -0.3 is 15.0 Å². The summed E-state index contributed by atoms with van der Waals surface area (Å²) < 4.78 is 19.4. The van der Waals surface area contributed by atoms with Crippen LogP contribution in [0.4, 0.5) is 9.52 Å². The Morgan fingerprint density at radius 2 is 2.33 bits per heavy atom. The lowest BCUT2D eigenvalue weighted by Gasteiger charge is -2.17. The molecule has 0 spiro atoms. The summed E-state index contributed by atoms with van der Waals surface area (Å²) in [5, 5.41) is 3.44. The molecule has 0 fully saturated rings. The minimum absolute atomic E-state index is 0.0521. The van der Waals surface area contributed by atoms with Gasteiger partial charge >= 0.3 is 0 Å². The number of likely N-dealkylation sites (N-methyl/N-ethyl adjacent to an activating group) is 1. The fourth-order valence-corrected chi connectivity index (χ4v) is 2.90. The van der Waals surface area contributed by atoms with Gasteiger partial charge in [0.05, 0.1) is 17.9 Å². The summed E-state index contributed by atoms with van der Waals surface area (Å²) in [6.07, 6.45) is 0. The number of methoxy groups -OCH3 is 1. The Kier molecular flexibility index (Phi) is 5.08. The van der Waals surface area contributed by atoms with Crippen LogP contribution < -0.4 is 10.2 Å². The number of ether oxygens (including phenoxy) is 1. The Balaban J connectivity index is 2.03. The van der Waals surface area contributed by atoms with Crippen molar-refractivity contribution in [2.45, 2.75) is 13.0 Å². The summed E-state index contributed by atoms with van der Waals surface area (Å²) in [4.78, 5) is 17.8. The van der Waals surface area contributed by atoms with Crippen LogP contribution >= 0.6 is 11.3 Å². The third-order valence-corrected chi connectivity index (χ3v) is 4.02. The van der Waals surface area contributed by atoms with E-state index in [1.54, 1.807) is 25.1 Å². The Bertz CT molecular complexity index is 632. The largest absolute Gasteiger partial charge is 0.383 e. The average molecular weight is 311 g/mol. The van der Waals surface area contributed by atoms with Gasteiger partial charge in [-0.05, 0) is 19.1 Å². The SMILES string of the molecule is COC[C@@H](C)NC(=O)CN(C)c1nc2c(F)cccc2s1. The van der Waals surface area contributed by atoms with Gasteiger partial charge in [0, 0.05) is 20.2 Å². The van der Waals surface area contributed by atoms with E-state index in [-0.39, 0.29) is 24.3 Å². The highest BCUT2D eigenvalue weighted by Crippen LogP contribution is 2.29. The molecule has 1 heterocycles. The molecule has 21 heavy (non-hydrogen) atoms. The van der Waals surface area contributed by atoms with Crippen LogP contribution in [-0.4, -0.2) is 44.2 Å². The van der Waals surface area contributed by atoms with Gasteiger partial charge in [-0.15, -0.1) is 0 Å². The Labute approximate surface area is 126 Å². The summed E-state index contributed by atoms with van der Waals surface area (Å²) in [5.41, 5.74) is 0.345. The van der Waals surface area contributed by atoms with Crippen molar-refractivity contribution in [3.8, 4) is 0 Å². The van der Waals surface area contributed by atoms with Gasteiger partial charge in [0.1, 0.15) is 11.3 Å². The van der Waals surface area contributed by atoms with E-state index in [1.165, 1.54) is 17.4 Å². The van der Waals surface area contributed by atoms with Gasteiger partial charge in [-0.2, -0.15) is 0 Å². The van der Waals surface area contributed by atoms with Crippen LogP contribution in [-0.2, 0) is 9.53 Å². The molecule has 0 aliphatic heterocycles. The molecule has 0 aliphatic carbocycles. The second-order valence-corrected chi connectivity index (χ2v) is 5.87. The number of halogens is 1. The molecule has 5 nitrogen and oxygen atoms in total. The highest BCUT2D eigenvalue weighted by atomic mass is 32.1. The van der Waals surface area contributed by atoms with Gasteiger partial charge in [-0.3, -0.25) is 4.79 Å². The van der Waals surface area contributed by atoms with Gasteiger partial charge in [0.15, 0.2) is 5.13 Å². The predicted molar refractivity (Wildman–Crippen MR) is 82.3 cm³/mol. The third kappa shape index (κ3) is 3.89. The first-order valence-electron chi connectivity index (χ1n) is 6.55. The van der Waals surface area contributed by atoms with E-state index >= 15 is 0 Å². The van der Waals surface area contributed by atoms with Crippen molar-refractivity contribution in [2.75, 3.05) is 32.2 Å². The van der Waals surface area contributed by atoms with E-state index in [9.17, 15) is 9.18 Å². The number of benzene rings is 1. The molecule has 7 heteroatoms. The maximum atomic E-state index is 13.6. The number of carbonyl (C=O) groups is 1. The zero-order valence-corrected chi connectivity index (χ0v) is 13.0. The van der Waals surface area contributed by atoms with Crippen LogP contribution in [0.15, 0.2) is 18.2 Å². The lowest BCUT2D eigenvalue weighted by atomic mass is 10.3. The van der Waals surface area contributed by atoms with Crippen LogP contribution in [0.5, 0.6) is 0 Å². The topological polar surface area (TPSA) is 54.5 Å². The van der Waals surface area contributed by atoms with E-state index in [0.717, 1.165) is 4.70 Å². The molecule has 0 saturated heterocycles. The molecule has 1 amide bonds. The van der Waals surface area contributed by atoms with Crippen molar-refractivity contribution < 1.29 is 13.9 Å². The van der Waals surface area contributed by atoms with Crippen molar-refractivity contribution in [3.05, 3.63) is 24.0 Å². The predicted octanol–water partition coefficient (Wildman–Crippen LogP) is 2.02. The second kappa shape index (κ2) is 6.82. The average Bonchev–Trinajstić information content (AvgIpc) is 2.84. The number of fused-ring (bicyclic) bond motifs is 1. The lowest BCUT2D eigenvalue weighted by Crippen LogP contribution is -2.41. The quantitative estimate of drug-likeness (QED) is 0.887. The summed E-state index contributed by atoms with van der Waals surface area (Å²) >= 11 is 1.36. The van der Waals surface area contributed by atoms with Gasteiger partial charge in [0.2, 0.25) is 5.91 Å². The molecule has 0 saturated carbocycles. The molecule has 1 atom stereocenters. The summed E-state index contributed by atoms with van der Waals surface area (Å²) in [6.45, 7) is 2.49. The Hall–Kier alpha value is -1.73. The van der Waals surface area contributed by atoms with Crippen LogP contribution in [0.3, 0.4) is 0 Å². The first kappa shape index (κ1) is 15.7. The number of aromatic nitrogens is 1. The highest BCUT2D eigenvalue weighted by molar-refractivity contribution is 7.22. The molecule has 1 aromatic carbocycles. The molecular formula is C14H18FN3O2S. The molecule has 2 rings (SSSR count). The molecule has 0 radical (unpaired) electrons. The number of rotatable bonds is 6. The Morgan fingerprint density at radius 1 is 1.57 bits per heavy atom. The van der Waals surface area contributed by atoms with Crippen LogP contribution in [0.1, 0.15) is 6.92 Å². The second-order valence-electron chi connectivity index (χ2n) is 4.86. The number of hydrogen-bond donors (Lipinski definition) is 1. The van der Waals surface area contributed by atoms with E-state index in [4.69, 9.17) is 4.74 Å². The molecule has 2 aromatic rings. The van der Waals surface area contributed by atoms with Crippen molar-refractivity contribution in [1.82, 2.24) is 10.3 Å². The molecular weight excluding hydrogens is 293 g/mol. The van der Waals surface area contributed by atoms with Crippen LogP contribution in [0, 0.1) is 5.82 Å². The molecule has 1 aromatic heterocycles. The first-order valence-corrected chi connectivity index (χ1v) is 7.37. The zero-order chi connectivity index (χ0) is 15.4. The van der Waals surface area contributed by atoms with Gasteiger partial charge in [-0.1, -0.05) is 17.4 Å². The van der Waals surface area contributed by atoms with E-state index in [2.05, 4.69) is 10.3 Å². The summed E-state index contributed by atoms with van der Waals surface area (Å²) in [5.74, 6) is -0.469. The van der Waals surface area contributed by atoms with Crippen LogP contribution in [0.25, 0.3) is 10.2 Å². The number of carbonyl (C=O) groups excluding carboxylic acids is 1. The summed E-state index contributed by atoms with van der Waals surface area (Å²) in [6, 6.07) is 4.79. The number of nitrogens with one attached hydrogen (secondary N) is 1. The Morgan fingerprint density at radius 3 is 3.00 bits per heavy atom. The summed E-state index contributed by atoms with van der Waals surface area (Å²) in [7, 11) is 3.35. The minimum atomic E-state index is -0.346. The fraction of sp³-hybridized carbons (Fsp3) is 0.429. The number of amides is 1. The highest BCUT2D eigenvalue weighted by Gasteiger charge is 2.15. The lowest BCUT2D eigenvalue weighted by molar-refractivity contribution is -0.120. The van der Waals surface area contributed by atoms with E-state index in [1.807, 2.05) is 13.0 Å². The number of thiazole rings is 1. The molecule has 0 unspecified atom stereocenters. The number of nitrogens with zero attached hydrogens (tertiary/aromatic N) is 2. The number of para-hydroxylation sites is 1. The molecule has 0 bridgehead atoms. The van der Waals surface area contributed by atoms with E-state index < -0.39 is 0 Å². The number of hydrogen-bond acceptors (Lipinski definition) is 5. The van der Waals surface area contributed by atoms with Gasteiger partial charge in [0.25, 0.3) is 0 Å².